The van der Waals surface area contributed by atoms with Crippen molar-refractivity contribution < 1.29 is 14.6 Å². The number of ether oxygens (including phenoxy) is 2. The lowest BCUT2D eigenvalue weighted by Gasteiger charge is -2.17. The first kappa shape index (κ1) is 17.5. The molecule has 0 aliphatic carbocycles. The first-order chi connectivity index (χ1) is 10.4. The number of halogens is 1. The van der Waals surface area contributed by atoms with Crippen LogP contribution in [-0.2, 0) is 18.1 Å². The zero-order valence-electron chi connectivity index (χ0n) is 13.5. The molecule has 2 aromatic rings. The molecule has 0 atom stereocenters. The molecule has 0 saturated heterocycles. The van der Waals surface area contributed by atoms with Gasteiger partial charge in [0.05, 0.1) is 13.7 Å². The van der Waals surface area contributed by atoms with Crippen LogP contribution in [-0.4, -0.2) is 36.4 Å². The van der Waals surface area contributed by atoms with Crippen LogP contribution in [0.2, 0.25) is 25.7 Å². The van der Waals surface area contributed by atoms with Crippen LogP contribution >= 0.6 is 15.9 Å². The number of hydrogen-bond acceptors (Lipinski definition) is 4. The number of aliphatic hydroxyl groups is 1. The summed E-state index contributed by atoms with van der Waals surface area (Å²) in [5.74, 6) is 0.534. The topological polar surface area (TPSA) is 56.5 Å². The maximum Gasteiger partial charge on any atom is 0.238 e. The third-order valence-electron chi connectivity index (χ3n) is 3.51. The Hall–Kier alpha value is -0.893. The highest BCUT2D eigenvalue weighted by atomic mass is 79.9. The Morgan fingerprint density at radius 3 is 2.68 bits per heavy atom. The molecular formula is C15H23BrN2O3Si. The summed E-state index contributed by atoms with van der Waals surface area (Å²) in [6, 6.07) is 3.05. The number of aliphatic hydroxyl groups excluding tert-OH is 1. The van der Waals surface area contributed by atoms with Crippen LogP contribution in [0, 0.1) is 0 Å². The Bertz CT molecular complexity index is 652. The molecule has 0 fully saturated rings. The lowest BCUT2D eigenvalue weighted by atomic mass is 10.3. The van der Waals surface area contributed by atoms with Gasteiger partial charge in [0.15, 0.2) is 0 Å². The highest BCUT2D eigenvalue weighted by Gasteiger charge is 2.17. The Kier molecular flexibility index (Phi) is 5.65. The van der Waals surface area contributed by atoms with E-state index in [1.807, 2.05) is 10.6 Å². The normalized spacial score (nSPS) is 12.1. The fraction of sp³-hybridized carbons (Fsp3) is 0.533. The standard InChI is InChI=1S/C15H23BrN2O3Si/c1-20-15-14-12(13(16)8-17-15)7-11(9-19)18(14)10-21-5-6-22(2,3)4/h7-8,19H,5-6,9-10H2,1-4H3. The number of nitrogens with zero attached hydrogens (tertiary/aromatic N) is 2. The van der Waals surface area contributed by atoms with E-state index in [-0.39, 0.29) is 6.61 Å². The van der Waals surface area contributed by atoms with Crippen molar-refractivity contribution in [2.75, 3.05) is 13.7 Å². The van der Waals surface area contributed by atoms with Gasteiger partial charge in [-0.15, -0.1) is 0 Å². The average Bonchev–Trinajstić information content (AvgIpc) is 2.83. The maximum absolute atomic E-state index is 9.61. The second-order valence-corrected chi connectivity index (χ2v) is 12.9. The van der Waals surface area contributed by atoms with E-state index >= 15 is 0 Å². The number of pyridine rings is 1. The molecule has 0 aromatic carbocycles. The van der Waals surface area contributed by atoms with Gasteiger partial charge in [-0.25, -0.2) is 4.98 Å². The number of rotatable bonds is 7. The van der Waals surface area contributed by atoms with Crippen LogP contribution in [0.25, 0.3) is 10.9 Å². The smallest absolute Gasteiger partial charge is 0.238 e. The zero-order valence-corrected chi connectivity index (χ0v) is 16.1. The predicted octanol–water partition coefficient (Wildman–Crippen LogP) is 3.61. The summed E-state index contributed by atoms with van der Waals surface area (Å²) >= 11 is 3.50. The van der Waals surface area contributed by atoms with Crippen molar-refractivity contribution in [3.05, 3.63) is 22.4 Å². The van der Waals surface area contributed by atoms with Crippen molar-refractivity contribution in [1.29, 1.82) is 0 Å². The fourth-order valence-electron chi connectivity index (χ4n) is 2.22. The van der Waals surface area contributed by atoms with Crippen molar-refractivity contribution >= 4 is 34.9 Å². The van der Waals surface area contributed by atoms with Crippen LogP contribution < -0.4 is 4.74 Å². The number of hydrogen-bond donors (Lipinski definition) is 1. The molecule has 5 nitrogen and oxygen atoms in total. The van der Waals surface area contributed by atoms with Crippen LogP contribution in [0.3, 0.4) is 0 Å². The number of aromatic nitrogens is 2. The highest BCUT2D eigenvalue weighted by molar-refractivity contribution is 9.10. The van der Waals surface area contributed by atoms with Gasteiger partial charge in [-0.05, 0) is 28.0 Å². The Morgan fingerprint density at radius 2 is 2.09 bits per heavy atom. The van der Waals surface area contributed by atoms with E-state index in [9.17, 15) is 5.11 Å². The van der Waals surface area contributed by atoms with Gasteiger partial charge in [0.25, 0.3) is 0 Å². The summed E-state index contributed by atoms with van der Waals surface area (Å²) in [6.45, 7) is 8.03. The molecule has 0 saturated carbocycles. The van der Waals surface area contributed by atoms with Crippen molar-refractivity contribution in [1.82, 2.24) is 9.55 Å². The van der Waals surface area contributed by atoms with Gasteiger partial charge in [0, 0.05) is 36.4 Å². The van der Waals surface area contributed by atoms with Crippen molar-refractivity contribution in [3.63, 3.8) is 0 Å². The molecule has 0 spiro atoms. The van der Waals surface area contributed by atoms with Crippen LogP contribution in [0.15, 0.2) is 16.7 Å². The number of methoxy groups -OCH3 is 1. The molecule has 0 unspecified atom stereocenters. The molecule has 2 heterocycles. The van der Waals surface area contributed by atoms with E-state index in [0.717, 1.165) is 33.7 Å². The molecule has 0 amide bonds. The monoisotopic (exact) mass is 386 g/mol. The second-order valence-electron chi connectivity index (χ2n) is 6.45. The fourth-order valence-corrected chi connectivity index (χ4v) is 3.38. The molecule has 0 aliphatic rings. The summed E-state index contributed by atoms with van der Waals surface area (Å²) in [7, 11) is 0.485. The first-order valence-corrected chi connectivity index (χ1v) is 11.8. The predicted molar refractivity (Wildman–Crippen MR) is 94.0 cm³/mol. The van der Waals surface area contributed by atoms with Crippen molar-refractivity contribution in [2.24, 2.45) is 0 Å². The van der Waals surface area contributed by atoms with E-state index in [1.165, 1.54) is 0 Å². The van der Waals surface area contributed by atoms with Crippen LogP contribution in [0.4, 0.5) is 0 Å². The van der Waals surface area contributed by atoms with Gasteiger partial charge < -0.3 is 19.1 Å². The minimum atomic E-state index is -1.11. The average molecular weight is 387 g/mol. The Balaban J connectivity index is 2.29. The maximum atomic E-state index is 9.61. The molecule has 2 rings (SSSR count). The molecule has 0 radical (unpaired) electrons. The molecule has 0 aliphatic heterocycles. The Labute approximate surface area is 140 Å². The summed E-state index contributed by atoms with van der Waals surface area (Å²) in [6.07, 6.45) is 1.71. The number of fused-ring (bicyclic) bond motifs is 1. The van der Waals surface area contributed by atoms with E-state index in [1.54, 1.807) is 13.3 Å². The van der Waals surface area contributed by atoms with Gasteiger partial charge in [0.2, 0.25) is 5.88 Å². The summed E-state index contributed by atoms with van der Waals surface area (Å²) in [4.78, 5) is 4.28. The van der Waals surface area contributed by atoms with E-state index in [4.69, 9.17) is 9.47 Å². The van der Waals surface area contributed by atoms with E-state index < -0.39 is 8.07 Å². The lowest BCUT2D eigenvalue weighted by Crippen LogP contribution is -2.22. The second kappa shape index (κ2) is 7.12. The van der Waals surface area contributed by atoms with Gasteiger partial charge in [-0.3, -0.25) is 0 Å². The van der Waals surface area contributed by atoms with Crippen LogP contribution in [0.5, 0.6) is 5.88 Å². The minimum absolute atomic E-state index is 0.0539. The molecule has 7 heteroatoms. The lowest BCUT2D eigenvalue weighted by molar-refractivity contribution is 0.0851. The molecule has 1 N–H and O–H groups in total. The summed E-state index contributed by atoms with van der Waals surface area (Å²) < 4.78 is 14.0. The van der Waals surface area contributed by atoms with Crippen molar-refractivity contribution in [3.8, 4) is 5.88 Å². The SMILES string of the molecule is COc1ncc(Br)c2cc(CO)n(COCC[Si](C)(C)C)c12. The largest absolute Gasteiger partial charge is 0.479 e. The molecule has 122 valence electrons. The Morgan fingerprint density at radius 1 is 1.36 bits per heavy atom. The summed E-state index contributed by atoms with van der Waals surface area (Å²) in [5.41, 5.74) is 1.63. The van der Waals surface area contributed by atoms with Crippen molar-refractivity contribution in [2.45, 2.75) is 39.0 Å². The van der Waals surface area contributed by atoms with E-state index in [2.05, 4.69) is 40.6 Å². The zero-order chi connectivity index (χ0) is 16.3. The molecule has 0 bridgehead atoms. The third kappa shape index (κ3) is 3.89. The molecular weight excluding hydrogens is 364 g/mol. The molecule has 2 aromatic heterocycles. The van der Waals surface area contributed by atoms with Gasteiger partial charge in [-0.1, -0.05) is 19.6 Å². The minimum Gasteiger partial charge on any atom is -0.479 e. The quantitative estimate of drug-likeness (QED) is 0.583. The first-order valence-electron chi connectivity index (χ1n) is 7.26. The van der Waals surface area contributed by atoms with Gasteiger partial charge >= 0.3 is 0 Å². The van der Waals surface area contributed by atoms with Gasteiger partial charge in [-0.2, -0.15) is 0 Å². The molecule has 22 heavy (non-hydrogen) atoms. The third-order valence-corrected chi connectivity index (χ3v) is 5.85. The van der Waals surface area contributed by atoms with Crippen LogP contribution in [0.1, 0.15) is 5.69 Å². The van der Waals surface area contributed by atoms with Gasteiger partial charge in [0.1, 0.15) is 12.2 Å². The van der Waals surface area contributed by atoms with E-state index in [0.29, 0.717) is 12.6 Å². The summed E-state index contributed by atoms with van der Waals surface area (Å²) in [5, 5.41) is 10.6. The highest BCUT2D eigenvalue weighted by Crippen LogP contribution is 2.32.